The summed E-state index contributed by atoms with van der Waals surface area (Å²) in [5.74, 6) is 3.33. The average molecular weight is 449 g/mol. The molecule has 2 aromatic heterocycles. The van der Waals surface area contributed by atoms with Crippen molar-refractivity contribution in [1.82, 2.24) is 19.9 Å². The highest BCUT2D eigenvalue weighted by molar-refractivity contribution is 5.85. The first-order valence-corrected chi connectivity index (χ1v) is 11.9. The Labute approximate surface area is 195 Å². The van der Waals surface area contributed by atoms with E-state index in [0.29, 0.717) is 5.92 Å². The number of anilines is 2. The number of aromatic nitrogens is 4. The molecule has 2 fully saturated rings. The second kappa shape index (κ2) is 9.87. The zero-order valence-corrected chi connectivity index (χ0v) is 19.5. The van der Waals surface area contributed by atoms with Gasteiger partial charge in [0.1, 0.15) is 22.9 Å². The molecular weight excluding hydrogens is 416 g/mol. The molecule has 174 valence electrons. The quantitative estimate of drug-likeness (QED) is 0.567. The summed E-state index contributed by atoms with van der Waals surface area (Å²) < 4.78 is 12.1. The molecule has 1 saturated heterocycles. The molecular formula is C25H32N6O2. The summed E-state index contributed by atoms with van der Waals surface area (Å²) in [6, 6.07) is 6.20. The van der Waals surface area contributed by atoms with Crippen LogP contribution in [0.3, 0.4) is 0 Å². The van der Waals surface area contributed by atoms with Gasteiger partial charge in [0.15, 0.2) is 0 Å². The summed E-state index contributed by atoms with van der Waals surface area (Å²) in [5.41, 5.74) is 2.85. The lowest BCUT2D eigenvalue weighted by molar-refractivity contribution is 0.122. The first-order chi connectivity index (χ1) is 16.2. The van der Waals surface area contributed by atoms with Gasteiger partial charge in [0.2, 0.25) is 0 Å². The molecule has 0 bridgehead atoms. The van der Waals surface area contributed by atoms with Crippen LogP contribution in [0.4, 0.5) is 11.5 Å². The normalized spacial score (nSPS) is 21.2. The van der Waals surface area contributed by atoms with E-state index in [1.807, 2.05) is 31.3 Å². The van der Waals surface area contributed by atoms with Crippen LogP contribution in [0.5, 0.6) is 5.75 Å². The number of benzene rings is 1. The van der Waals surface area contributed by atoms with Crippen LogP contribution < -0.4 is 14.5 Å². The molecule has 1 saturated carbocycles. The van der Waals surface area contributed by atoms with Crippen molar-refractivity contribution in [3.8, 4) is 5.75 Å². The van der Waals surface area contributed by atoms with E-state index in [9.17, 15) is 0 Å². The molecule has 2 aliphatic rings. The van der Waals surface area contributed by atoms with Crippen molar-refractivity contribution < 1.29 is 9.47 Å². The summed E-state index contributed by atoms with van der Waals surface area (Å²) in [6.45, 7) is 3.26. The molecule has 1 aliphatic heterocycles. The van der Waals surface area contributed by atoms with Crippen LogP contribution in [0, 0.1) is 5.92 Å². The van der Waals surface area contributed by atoms with E-state index >= 15 is 0 Å². The van der Waals surface area contributed by atoms with Crippen LogP contribution in [0.25, 0.3) is 11.0 Å². The molecule has 8 heteroatoms. The number of morpholine rings is 1. The minimum absolute atomic E-state index is 0.195. The number of hydrogen-bond acceptors (Lipinski definition) is 8. The van der Waals surface area contributed by atoms with Gasteiger partial charge in [-0.2, -0.15) is 0 Å². The molecule has 3 heterocycles. The monoisotopic (exact) mass is 448 g/mol. The Morgan fingerprint density at radius 2 is 1.79 bits per heavy atom. The van der Waals surface area contributed by atoms with Gasteiger partial charge < -0.3 is 19.3 Å². The summed E-state index contributed by atoms with van der Waals surface area (Å²) in [6.07, 6.45) is 10.8. The number of nitrogens with zero attached hydrogens (tertiary/aromatic N) is 6. The van der Waals surface area contributed by atoms with E-state index in [0.717, 1.165) is 92.5 Å². The van der Waals surface area contributed by atoms with Crippen molar-refractivity contribution in [3.63, 3.8) is 0 Å². The summed E-state index contributed by atoms with van der Waals surface area (Å²) in [5, 5.41) is 0. The summed E-state index contributed by atoms with van der Waals surface area (Å²) >= 11 is 0. The third-order valence-corrected chi connectivity index (χ3v) is 6.61. The maximum Gasteiger partial charge on any atom is 0.149 e. The lowest BCUT2D eigenvalue weighted by atomic mass is 9.85. The van der Waals surface area contributed by atoms with Crippen LogP contribution in [-0.4, -0.2) is 66.4 Å². The molecule has 0 unspecified atom stereocenters. The van der Waals surface area contributed by atoms with Gasteiger partial charge in [-0.05, 0) is 43.7 Å². The Morgan fingerprint density at radius 3 is 2.58 bits per heavy atom. The fourth-order valence-electron chi connectivity index (χ4n) is 4.75. The van der Waals surface area contributed by atoms with E-state index in [1.54, 1.807) is 12.4 Å². The minimum atomic E-state index is 0.195. The van der Waals surface area contributed by atoms with Crippen LogP contribution in [-0.2, 0) is 11.2 Å². The molecule has 5 rings (SSSR count). The predicted molar refractivity (Wildman–Crippen MR) is 129 cm³/mol. The van der Waals surface area contributed by atoms with Gasteiger partial charge in [-0.15, -0.1) is 0 Å². The Morgan fingerprint density at radius 1 is 1.00 bits per heavy atom. The zero-order valence-electron chi connectivity index (χ0n) is 19.5. The SMILES string of the molecule is CN(C)c1ccnc(CC2CCC(Oc3cc(N4CCOCC4)cc4nccnc34)CC2)n1. The van der Waals surface area contributed by atoms with Gasteiger partial charge in [-0.1, -0.05) is 0 Å². The third-order valence-electron chi connectivity index (χ3n) is 6.61. The maximum absolute atomic E-state index is 6.55. The molecule has 3 aromatic rings. The van der Waals surface area contributed by atoms with Gasteiger partial charge in [0.25, 0.3) is 0 Å². The Balaban J connectivity index is 1.26. The molecule has 0 amide bonds. The van der Waals surface area contributed by atoms with Crippen LogP contribution in [0.2, 0.25) is 0 Å². The van der Waals surface area contributed by atoms with E-state index < -0.39 is 0 Å². The van der Waals surface area contributed by atoms with Crippen molar-refractivity contribution in [2.45, 2.75) is 38.2 Å². The highest BCUT2D eigenvalue weighted by Gasteiger charge is 2.25. The molecule has 0 radical (unpaired) electrons. The van der Waals surface area contributed by atoms with Crippen molar-refractivity contribution in [1.29, 1.82) is 0 Å². The van der Waals surface area contributed by atoms with E-state index in [-0.39, 0.29) is 6.10 Å². The number of ether oxygens (including phenoxy) is 2. The van der Waals surface area contributed by atoms with Gasteiger partial charge in [-0.3, -0.25) is 4.98 Å². The Bertz CT molecular complexity index is 1080. The van der Waals surface area contributed by atoms with E-state index in [1.165, 1.54) is 0 Å². The largest absolute Gasteiger partial charge is 0.488 e. The van der Waals surface area contributed by atoms with Crippen molar-refractivity contribution in [3.05, 3.63) is 42.6 Å². The van der Waals surface area contributed by atoms with E-state index in [2.05, 4.69) is 32.0 Å². The fourth-order valence-corrected chi connectivity index (χ4v) is 4.75. The number of fused-ring (bicyclic) bond motifs is 1. The second-order valence-corrected chi connectivity index (χ2v) is 9.16. The highest BCUT2D eigenvalue weighted by Crippen LogP contribution is 2.34. The number of hydrogen-bond donors (Lipinski definition) is 0. The predicted octanol–water partition coefficient (Wildman–Crippen LogP) is 3.50. The van der Waals surface area contributed by atoms with Crippen LogP contribution in [0.1, 0.15) is 31.5 Å². The molecule has 0 atom stereocenters. The third kappa shape index (κ3) is 5.16. The van der Waals surface area contributed by atoms with Crippen LogP contribution in [0.15, 0.2) is 36.8 Å². The van der Waals surface area contributed by atoms with Gasteiger partial charge in [0, 0.05) is 63.9 Å². The second-order valence-electron chi connectivity index (χ2n) is 9.16. The average Bonchev–Trinajstić information content (AvgIpc) is 2.86. The smallest absolute Gasteiger partial charge is 0.149 e. The summed E-state index contributed by atoms with van der Waals surface area (Å²) in [4.78, 5) is 22.7. The Kier molecular flexibility index (Phi) is 6.53. The topological polar surface area (TPSA) is 76.5 Å². The van der Waals surface area contributed by atoms with Crippen molar-refractivity contribution in [2.24, 2.45) is 5.92 Å². The number of rotatable bonds is 6. The molecule has 1 aromatic carbocycles. The van der Waals surface area contributed by atoms with Crippen LogP contribution >= 0.6 is 0 Å². The van der Waals surface area contributed by atoms with E-state index in [4.69, 9.17) is 14.5 Å². The van der Waals surface area contributed by atoms with Gasteiger partial charge in [0.05, 0.1) is 24.8 Å². The molecule has 8 nitrogen and oxygen atoms in total. The van der Waals surface area contributed by atoms with Gasteiger partial charge in [-0.25, -0.2) is 15.0 Å². The fraction of sp³-hybridized carbons (Fsp3) is 0.520. The molecule has 1 aliphatic carbocycles. The molecule has 33 heavy (non-hydrogen) atoms. The molecule has 0 N–H and O–H groups in total. The summed E-state index contributed by atoms with van der Waals surface area (Å²) in [7, 11) is 4.02. The van der Waals surface area contributed by atoms with Crippen molar-refractivity contribution >= 4 is 22.5 Å². The zero-order chi connectivity index (χ0) is 22.6. The lowest BCUT2D eigenvalue weighted by Crippen LogP contribution is -2.36. The van der Waals surface area contributed by atoms with Crippen molar-refractivity contribution in [2.75, 3.05) is 50.2 Å². The highest BCUT2D eigenvalue weighted by atomic mass is 16.5. The van der Waals surface area contributed by atoms with Gasteiger partial charge >= 0.3 is 0 Å². The first-order valence-electron chi connectivity index (χ1n) is 11.9. The molecule has 0 spiro atoms. The maximum atomic E-state index is 6.55. The minimum Gasteiger partial charge on any atom is -0.488 e. The Hall–Kier alpha value is -3.00. The first kappa shape index (κ1) is 21.8. The standard InChI is InChI=1S/C25H32N6O2/c1-30(2)24-7-8-27-23(29-24)15-18-3-5-20(6-4-18)33-22-17-19(31-11-13-32-14-12-31)16-21-25(22)28-10-9-26-21/h7-10,16-18,20H,3-6,11-15H2,1-2H3. The lowest BCUT2D eigenvalue weighted by Gasteiger charge is -2.31.